The largest absolute Gasteiger partial charge is 0.326 e. The zero-order chi connectivity index (χ0) is 12.6. The van der Waals surface area contributed by atoms with Crippen molar-refractivity contribution in [3.05, 3.63) is 34.9 Å². The molecule has 0 aliphatic heterocycles. The van der Waals surface area contributed by atoms with Gasteiger partial charge >= 0.3 is 0 Å². The molecule has 1 aromatic carbocycles. The Hall–Kier alpha value is -0.820. The van der Waals surface area contributed by atoms with Gasteiger partial charge in [0.05, 0.1) is 0 Å². The molecule has 2 N–H and O–H groups in total. The fourth-order valence-electron chi connectivity index (χ4n) is 1.56. The molecule has 1 aromatic rings. The van der Waals surface area contributed by atoms with Gasteiger partial charge in [-0.15, -0.1) is 0 Å². The molecule has 16 heavy (non-hydrogen) atoms. The minimum Gasteiger partial charge on any atom is -0.326 e. The number of nitrogens with two attached hydrogens (primary N) is 1. The van der Waals surface area contributed by atoms with Gasteiger partial charge in [0, 0.05) is 6.54 Å². The molecule has 0 saturated carbocycles. The van der Waals surface area contributed by atoms with Gasteiger partial charge in [-0.05, 0) is 33.6 Å². The van der Waals surface area contributed by atoms with E-state index < -0.39 is 0 Å². The quantitative estimate of drug-likeness (QED) is 0.766. The van der Waals surface area contributed by atoms with Crippen molar-refractivity contribution in [1.82, 2.24) is 0 Å². The highest BCUT2D eigenvalue weighted by atomic mass is 14.5. The molecular weight excluding hydrogens is 194 g/mol. The summed E-state index contributed by atoms with van der Waals surface area (Å²) in [6.07, 6.45) is 0. The predicted octanol–water partition coefficient (Wildman–Crippen LogP) is 3.54. The van der Waals surface area contributed by atoms with Crippen LogP contribution in [0.5, 0.6) is 0 Å². The van der Waals surface area contributed by atoms with Crippen LogP contribution in [0.25, 0.3) is 0 Å². The van der Waals surface area contributed by atoms with Crippen LogP contribution < -0.4 is 5.73 Å². The van der Waals surface area contributed by atoms with Crippen molar-refractivity contribution in [3.63, 3.8) is 0 Å². The molecule has 0 atom stereocenters. The Morgan fingerprint density at radius 2 is 1.31 bits per heavy atom. The maximum atomic E-state index is 5.76. The lowest BCUT2D eigenvalue weighted by Crippen LogP contribution is -2.18. The lowest BCUT2D eigenvalue weighted by atomic mass is 9.79. The average Bonchev–Trinajstić information content (AvgIpc) is 2.14. The molecule has 0 fully saturated rings. The third-order valence-electron chi connectivity index (χ3n) is 2.78. The fourth-order valence-corrected chi connectivity index (χ4v) is 1.56. The van der Waals surface area contributed by atoms with Crippen LogP contribution in [0.3, 0.4) is 0 Å². The standard InChI is InChI=1S/C15H24N/c1-14(2,3)12-7-11(10-16)8-13(9-12)15(4,5)6/h7-8H,10,16H2,1-6H3. The second-order valence-electron chi connectivity index (χ2n) is 6.52. The molecule has 1 radical (unpaired) electrons. The molecule has 0 bridgehead atoms. The third kappa shape index (κ3) is 3.08. The summed E-state index contributed by atoms with van der Waals surface area (Å²) in [5, 5.41) is 0. The number of rotatable bonds is 1. The fraction of sp³-hybridized carbons (Fsp3) is 0.600. The van der Waals surface area contributed by atoms with Crippen molar-refractivity contribution in [2.24, 2.45) is 5.73 Å². The van der Waals surface area contributed by atoms with E-state index in [9.17, 15) is 0 Å². The lowest BCUT2D eigenvalue weighted by molar-refractivity contribution is 0.565. The number of benzene rings is 1. The summed E-state index contributed by atoms with van der Waals surface area (Å²) < 4.78 is 0. The van der Waals surface area contributed by atoms with Gasteiger partial charge in [-0.25, -0.2) is 0 Å². The molecule has 0 unspecified atom stereocenters. The Labute approximate surface area is 100 Å². The second kappa shape index (κ2) is 4.21. The molecule has 0 aliphatic carbocycles. The Balaban J connectivity index is 3.33. The molecule has 0 saturated heterocycles. The number of hydrogen-bond donors (Lipinski definition) is 1. The van der Waals surface area contributed by atoms with E-state index in [-0.39, 0.29) is 10.8 Å². The van der Waals surface area contributed by atoms with Crippen molar-refractivity contribution in [3.8, 4) is 0 Å². The molecule has 0 aliphatic rings. The van der Waals surface area contributed by atoms with E-state index in [1.807, 2.05) is 0 Å². The maximum Gasteiger partial charge on any atom is 0.0178 e. The van der Waals surface area contributed by atoms with E-state index >= 15 is 0 Å². The first-order chi connectivity index (χ1) is 7.14. The van der Waals surface area contributed by atoms with Crippen molar-refractivity contribution >= 4 is 0 Å². The zero-order valence-electron chi connectivity index (χ0n) is 11.4. The van der Waals surface area contributed by atoms with Crippen LogP contribution in [-0.4, -0.2) is 0 Å². The Morgan fingerprint density at radius 1 is 0.938 bits per heavy atom. The molecule has 0 aromatic heterocycles. The van der Waals surface area contributed by atoms with Crippen molar-refractivity contribution in [2.45, 2.75) is 58.9 Å². The van der Waals surface area contributed by atoms with Gasteiger partial charge < -0.3 is 5.73 Å². The van der Waals surface area contributed by atoms with Crippen LogP contribution in [0.2, 0.25) is 0 Å². The highest BCUT2D eigenvalue weighted by molar-refractivity contribution is 5.36. The monoisotopic (exact) mass is 218 g/mol. The smallest absolute Gasteiger partial charge is 0.0178 e. The average molecular weight is 218 g/mol. The van der Waals surface area contributed by atoms with E-state index in [0.29, 0.717) is 6.54 Å². The summed E-state index contributed by atoms with van der Waals surface area (Å²) in [7, 11) is 0. The molecular formula is C15H24N. The van der Waals surface area contributed by atoms with E-state index in [2.05, 4.69) is 59.7 Å². The zero-order valence-corrected chi connectivity index (χ0v) is 11.4. The van der Waals surface area contributed by atoms with Gasteiger partial charge in [0.1, 0.15) is 0 Å². The molecule has 1 rings (SSSR count). The summed E-state index contributed by atoms with van der Waals surface area (Å²) in [6, 6.07) is 7.90. The van der Waals surface area contributed by atoms with Crippen LogP contribution in [-0.2, 0) is 17.4 Å². The Bertz CT molecular complexity index is 332. The van der Waals surface area contributed by atoms with Crippen molar-refractivity contribution in [2.75, 3.05) is 0 Å². The topological polar surface area (TPSA) is 26.0 Å². The Morgan fingerprint density at radius 3 is 1.56 bits per heavy atom. The van der Waals surface area contributed by atoms with Crippen LogP contribution in [0.4, 0.5) is 0 Å². The van der Waals surface area contributed by atoms with Crippen molar-refractivity contribution in [1.29, 1.82) is 0 Å². The predicted molar refractivity (Wildman–Crippen MR) is 70.6 cm³/mol. The maximum absolute atomic E-state index is 5.76. The molecule has 0 amide bonds. The summed E-state index contributed by atoms with van der Waals surface area (Å²) in [6.45, 7) is 13.9. The normalized spacial score (nSPS) is 12.9. The molecule has 89 valence electrons. The highest BCUT2D eigenvalue weighted by Gasteiger charge is 2.20. The molecule has 0 heterocycles. The van der Waals surface area contributed by atoms with Crippen LogP contribution in [0.15, 0.2) is 12.1 Å². The third-order valence-corrected chi connectivity index (χ3v) is 2.78. The van der Waals surface area contributed by atoms with Crippen LogP contribution in [0, 0.1) is 6.07 Å². The summed E-state index contributed by atoms with van der Waals surface area (Å²) in [5.41, 5.74) is 9.72. The minimum absolute atomic E-state index is 0.130. The van der Waals surface area contributed by atoms with Gasteiger partial charge in [-0.3, -0.25) is 0 Å². The molecule has 1 heteroatoms. The van der Waals surface area contributed by atoms with E-state index in [4.69, 9.17) is 5.73 Å². The molecule has 0 spiro atoms. The van der Waals surface area contributed by atoms with Crippen molar-refractivity contribution < 1.29 is 0 Å². The van der Waals surface area contributed by atoms with Gasteiger partial charge in [-0.2, -0.15) is 0 Å². The summed E-state index contributed by atoms with van der Waals surface area (Å²) >= 11 is 0. The van der Waals surface area contributed by atoms with E-state index in [0.717, 1.165) is 0 Å². The second-order valence-corrected chi connectivity index (χ2v) is 6.52. The Kier molecular flexibility index (Phi) is 3.49. The summed E-state index contributed by atoms with van der Waals surface area (Å²) in [5.74, 6) is 0. The summed E-state index contributed by atoms with van der Waals surface area (Å²) in [4.78, 5) is 0. The van der Waals surface area contributed by atoms with Gasteiger partial charge in [-0.1, -0.05) is 53.7 Å². The minimum atomic E-state index is 0.130. The van der Waals surface area contributed by atoms with E-state index in [1.54, 1.807) is 0 Å². The van der Waals surface area contributed by atoms with Crippen LogP contribution in [0.1, 0.15) is 58.2 Å². The molecule has 1 nitrogen and oxygen atoms in total. The lowest BCUT2D eigenvalue weighted by Gasteiger charge is -2.25. The van der Waals surface area contributed by atoms with E-state index in [1.165, 1.54) is 16.7 Å². The van der Waals surface area contributed by atoms with Gasteiger partial charge in [0.15, 0.2) is 0 Å². The van der Waals surface area contributed by atoms with Gasteiger partial charge in [0.2, 0.25) is 0 Å². The highest BCUT2D eigenvalue weighted by Crippen LogP contribution is 2.29. The van der Waals surface area contributed by atoms with Crippen LogP contribution >= 0.6 is 0 Å². The first-order valence-corrected chi connectivity index (χ1v) is 5.92. The number of hydrogen-bond acceptors (Lipinski definition) is 1. The van der Waals surface area contributed by atoms with Gasteiger partial charge in [0.25, 0.3) is 0 Å². The SMILES string of the molecule is CC(C)(C)c1[c]c(C(C)(C)C)cc(CN)c1. The first kappa shape index (κ1) is 13.2. The first-order valence-electron chi connectivity index (χ1n) is 5.92.